The summed E-state index contributed by atoms with van der Waals surface area (Å²) in [5.74, 6) is 0.918. The van der Waals surface area contributed by atoms with E-state index in [1.165, 1.54) is 0 Å². The van der Waals surface area contributed by atoms with Gasteiger partial charge >= 0.3 is 6.18 Å². The SMILES string of the molecule is FC(F)(F)CNCc1nc(C2CCOCC2)no1. The molecule has 18 heavy (non-hydrogen) atoms. The summed E-state index contributed by atoms with van der Waals surface area (Å²) in [4.78, 5) is 4.09. The van der Waals surface area contributed by atoms with E-state index in [0.29, 0.717) is 19.0 Å². The van der Waals surface area contributed by atoms with Crippen LogP contribution in [0, 0.1) is 0 Å². The van der Waals surface area contributed by atoms with Crippen LogP contribution >= 0.6 is 0 Å². The number of aromatic nitrogens is 2. The fourth-order valence-corrected chi connectivity index (χ4v) is 1.77. The van der Waals surface area contributed by atoms with Crippen LogP contribution in [0.2, 0.25) is 0 Å². The topological polar surface area (TPSA) is 60.2 Å². The highest BCUT2D eigenvalue weighted by Gasteiger charge is 2.27. The highest BCUT2D eigenvalue weighted by atomic mass is 19.4. The van der Waals surface area contributed by atoms with E-state index in [9.17, 15) is 13.2 Å². The maximum absolute atomic E-state index is 11.9. The van der Waals surface area contributed by atoms with Crippen molar-refractivity contribution in [3.8, 4) is 0 Å². The number of hydrogen-bond acceptors (Lipinski definition) is 5. The molecule has 1 saturated heterocycles. The third-order valence-electron chi connectivity index (χ3n) is 2.67. The number of ether oxygens (including phenoxy) is 1. The third kappa shape index (κ3) is 3.95. The minimum Gasteiger partial charge on any atom is -0.381 e. The monoisotopic (exact) mass is 265 g/mol. The van der Waals surface area contributed by atoms with Crippen LogP contribution in [0.4, 0.5) is 13.2 Å². The van der Waals surface area contributed by atoms with Crippen molar-refractivity contribution in [2.45, 2.75) is 31.5 Å². The van der Waals surface area contributed by atoms with Crippen LogP contribution < -0.4 is 5.32 Å². The molecule has 8 heteroatoms. The number of rotatable bonds is 4. The van der Waals surface area contributed by atoms with Crippen LogP contribution in [0.25, 0.3) is 0 Å². The number of halogens is 3. The van der Waals surface area contributed by atoms with Gasteiger partial charge in [0.25, 0.3) is 0 Å². The summed E-state index contributed by atoms with van der Waals surface area (Å²) in [7, 11) is 0. The third-order valence-corrected chi connectivity index (χ3v) is 2.67. The molecular weight excluding hydrogens is 251 g/mol. The lowest BCUT2D eigenvalue weighted by molar-refractivity contribution is -0.125. The molecule has 0 saturated carbocycles. The van der Waals surface area contributed by atoms with E-state index in [1.54, 1.807) is 0 Å². The Morgan fingerprint density at radius 2 is 2.00 bits per heavy atom. The highest BCUT2D eigenvalue weighted by molar-refractivity contribution is 4.96. The van der Waals surface area contributed by atoms with E-state index in [-0.39, 0.29) is 18.4 Å². The van der Waals surface area contributed by atoms with Crippen molar-refractivity contribution in [1.82, 2.24) is 15.5 Å². The van der Waals surface area contributed by atoms with Gasteiger partial charge in [0.2, 0.25) is 5.89 Å². The number of nitrogens with zero attached hydrogens (tertiary/aromatic N) is 2. The van der Waals surface area contributed by atoms with E-state index < -0.39 is 12.7 Å². The summed E-state index contributed by atoms with van der Waals surface area (Å²) in [5, 5.41) is 6.00. The van der Waals surface area contributed by atoms with Crippen molar-refractivity contribution in [1.29, 1.82) is 0 Å². The fraction of sp³-hybridized carbons (Fsp3) is 0.800. The van der Waals surface area contributed by atoms with Gasteiger partial charge in [-0.2, -0.15) is 18.2 Å². The molecule has 5 nitrogen and oxygen atoms in total. The lowest BCUT2D eigenvalue weighted by atomic mass is 10.00. The van der Waals surface area contributed by atoms with E-state index in [2.05, 4.69) is 15.5 Å². The molecule has 1 aromatic heterocycles. The molecular formula is C10H14F3N3O2. The maximum atomic E-state index is 11.9. The normalized spacial score (nSPS) is 18.2. The Morgan fingerprint density at radius 3 is 2.67 bits per heavy atom. The maximum Gasteiger partial charge on any atom is 0.401 e. The standard InChI is InChI=1S/C10H14F3N3O2/c11-10(12,13)6-14-5-8-15-9(16-18-8)7-1-3-17-4-2-7/h7,14H,1-6H2. The first-order valence-electron chi connectivity index (χ1n) is 5.72. The molecule has 0 atom stereocenters. The largest absolute Gasteiger partial charge is 0.401 e. The Morgan fingerprint density at radius 1 is 1.28 bits per heavy atom. The van der Waals surface area contributed by atoms with Gasteiger partial charge in [-0.05, 0) is 12.8 Å². The van der Waals surface area contributed by atoms with Crippen molar-refractivity contribution in [2.75, 3.05) is 19.8 Å². The fourth-order valence-electron chi connectivity index (χ4n) is 1.77. The van der Waals surface area contributed by atoms with E-state index in [0.717, 1.165) is 12.8 Å². The van der Waals surface area contributed by atoms with Crippen molar-refractivity contribution >= 4 is 0 Å². The van der Waals surface area contributed by atoms with Gasteiger partial charge in [0.15, 0.2) is 5.82 Å². The van der Waals surface area contributed by atoms with Gasteiger partial charge in [-0.1, -0.05) is 5.16 Å². The minimum atomic E-state index is -4.23. The predicted octanol–water partition coefficient (Wildman–Crippen LogP) is 1.62. The van der Waals surface area contributed by atoms with E-state index in [1.807, 2.05) is 0 Å². The summed E-state index contributed by atoms with van der Waals surface area (Å²) >= 11 is 0. The summed E-state index contributed by atoms with van der Waals surface area (Å²) < 4.78 is 45.8. The lowest BCUT2D eigenvalue weighted by Gasteiger charge is -2.18. The molecule has 2 heterocycles. The molecule has 0 amide bonds. The van der Waals surface area contributed by atoms with Crippen molar-refractivity contribution in [3.63, 3.8) is 0 Å². The quantitative estimate of drug-likeness (QED) is 0.896. The van der Waals surface area contributed by atoms with E-state index in [4.69, 9.17) is 9.26 Å². The summed E-state index contributed by atoms with van der Waals surface area (Å²) in [6.45, 7) is 0.166. The van der Waals surface area contributed by atoms with Crippen LogP contribution in [0.3, 0.4) is 0 Å². The average molecular weight is 265 g/mol. The zero-order valence-corrected chi connectivity index (χ0v) is 9.66. The molecule has 1 N–H and O–H groups in total. The second-order valence-corrected chi connectivity index (χ2v) is 4.15. The van der Waals surface area contributed by atoms with Gasteiger partial charge < -0.3 is 14.6 Å². The molecule has 0 bridgehead atoms. The first-order chi connectivity index (χ1) is 8.54. The lowest BCUT2D eigenvalue weighted by Crippen LogP contribution is -2.28. The van der Waals surface area contributed by atoms with Gasteiger partial charge in [0, 0.05) is 19.1 Å². The number of alkyl halides is 3. The van der Waals surface area contributed by atoms with Crippen molar-refractivity contribution in [3.05, 3.63) is 11.7 Å². The highest BCUT2D eigenvalue weighted by Crippen LogP contribution is 2.24. The molecule has 102 valence electrons. The molecule has 0 spiro atoms. The Bertz CT molecular complexity index is 375. The van der Waals surface area contributed by atoms with Crippen LogP contribution in [0.1, 0.15) is 30.5 Å². The molecule has 1 aliphatic heterocycles. The zero-order chi connectivity index (χ0) is 13.0. The second kappa shape index (κ2) is 5.66. The van der Waals surface area contributed by atoms with Gasteiger partial charge in [-0.15, -0.1) is 0 Å². The molecule has 2 rings (SSSR count). The van der Waals surface area contributed by atoms with Gasteiger partial charge in [-0.3, -0.25) is 0 Å². The molecule has 0 aliphatic carbocycles. The predicted molar refractivity (Wildman–Crippen MR) is 54.9 cm³/mol. The molecule has 0 aromatic carbocycles. The Kier molecular flexibility index (Phi) is 4.18. The van der Waals surface area contributed by atoms with Crippen molar-refractivity contribution < 1.29 is 22.4 Å². The molecule has 1 aliphatic rings. The molecule has 1 aromatic rings. The van der Waals surface area contributed by atoms with Crippen LogP contribution in [-0.2, 0) is 11.3 Å². The van der Waals surface area contributed by atoms with E-state index >= 15 is 0 Å². The molecule has 0 radical (unpaired) electrons. The first kappa shape index (κ1) is 13.3. The number of hydrogen-bond donors (Lipinski definition) is 1. The summed E-state index contributed by atoms with van der Waals surface area (Å²) in [6.07, 6.45) is -2.60. The van der Waals surface area contributed by atoms with Crippen molar-refractivity contribution in [2.24, 2.45) is 0 Å². The Hall–Kier alpha value is -1.15. The second-order valence-electron chi connectivity index (χ2n) is 4.15. The van der Waals surface area contributed by atoms with Gasteiger partial charge in [0.1, 0.15) is 0 Å². The Balaban J connectivity index is 1.82. The summed E-state index contributed by atoms with van der Waals surface area (Å²) in [6, 6.07) is 0. The molecule has 0 unspecified atom stereocenters. The van der Waals surface area contributed by atoms with Gasteiger partial charge in [0.05, 0.1) is 13.1 Å². The first-order valence-corrected chi connectivity index (χ1v) is 5.72. The molecule has 1 fully saturated rings. The van der Waals surface area contributed by atoms with Crippen LogP contribution in [0.15, 0.2) is 4.52 Å². The summed E-state index contributed by atoms with van der Waals surface area (Å²) in [5.41, 5.74) is 0. The van der Waals surface area contributed by atoms with Crippen LogP contribution in [0.5, 0.6) is 0 Å². The van der Waals surface area contributed by atoms with Gasteiger partial charge in [-0.25, -0.2) is 0 Å². The van der Waals surface area contributed by atoms with Crippen LogP contribution in [-0.4, -0.2) is 36.1 Å². The average Bonchev–Trinajstić information content (AvgIpc) is 2.77. The number of nitrogens with one attached hydrogen (secondary N) is 1. The Labute approximate surface area is 102 Å². The minimum absolute atomic E-state index is 0.0737. The smallest absolute Gasteiger partial charge is 0.381 e. The zero-order valence-electron chi connectivity index (χ0n) is 9.66.